The number of halogens is 2. The average molecular weight is 337 g/mol. The molecule has 0 aliphatic rings. The molecular weight excluding hydrogens is 319 g/mol. The van der Waals surface area contributed by atoms with Crippen molar-refractivity contribution in [3.05, 3.63) is 64.1 Å². The Morgan fingerprint density at radius 1 is 1.25 bits per heavy atom. The average Bonchev–Trinajstić information content (AvgIpc) is 2.48. The zero-order valence-electron chi connectivity index (χ0n) is 11.6. The van der Waals surface area contributed by atoms with Crippen LogP contribution in [0.1, 0.15) is 36.9 Å². The van der Waals surface area contributed by atoms with Crippen LogP contribution < -0.4 is 5.32 Å². The Balaban J connectivity index is 2.38. The molecule has 106 valence electrons. The van der Waals surface area contributed by atoms with Crippen LogP contribution in [-0.4, -0.2) is 11.5 Å². The van der Waals surface area contributed by atoms with Gasteiger partial charge in [-0.1, -0.05) is 29.8 Å². The minimum absolute atomic E-state index is 0.0695. The van der Waals surface area contributed by atoms with Crippen molar-refractivity contribution in [2.24, 2.45) is 0 Å². The van der Waals surface area contributed by atoms with E-state index in [0.717, 1.165) is 16.6 Å². The van der Waals surface area contributed by atoms with E-state index in [1.165, 1.54) is 6.07 Å². The van der Waals surface area contributed by atoms with Crippen LogP contribution in [-0.2, 0) is 0 Å². The normalized spacial score (nSPS) is 14.0. The summed E-state index contributed by atoms with van der Waals surface area (Å²) in [5.74, 6) is -0.0261. The highest BCUT2D eigenvalue weighted by Gasteiger charge is 2.23. The van der Waals surface area contributed by atoms with Gasteiger partial charge in [-0.2, -0.15) is 0 Å². The van der Waals surface area contributed by atoms with E-state index in [2.05, 4.69) is 33.2 Å². The lowest BCUT2D eigenvalue weighted by Gasteiger charge is -2.26. The second-order valence-corrected chi connectivity index (χ2v) is 5.69. The van der Waals surface area contributed by atoms with E-state index >= 15 is 0 Å². The number of benzene rings is 1. The number of rotatable bonds is 5. The lowest BCUT2D eigenvalue weighted by molar-refractivity contribution is 0.455. The molecule has 2 rings (SSSR count). The van der Waals surface area contributed by atoms with Crippen LogP contribution in [0, 0.1) is 5.82 Å². The van der Waals surface area contributed by atoms with Gasteiger partial charge < -0.3 is 5.32 Å². The van der Waals surface area contributed by atoms with Gasteiger partial charge in [0.15, 0.2) is 0 Å². The predicted molar refractivity (Wildman–Crippen MR) is 83.2 cm³/mol. The molecule has 0 amide bonds. The Hall–Kier alpha value is -1.26. The highest BCUT2D eigenvalue weighted by Crippen LogP contribution is 2.33. The third kappa shape index (κ3) is 3.44. The molecule has 1 aromatic heterocycles. The van der Waals surface area contributed by atoms with E-state index in [-0.39, 0.29) is 17.8 Å². The first-order valence-electron chi connectivity index (χ1n) is 6.71. The fraction of sp³-hybridized carbons (Fsp3) is 0.312. The Bertz CT molecular complexity index is 560. The molecular formula is C16H18BrFN2. The van der Waals surface area contributed by atoms with Gasteiger partial charge in [-0.3, -0.25) is 4.98 Å². The third-order valence-corrected chi connectivity index (χ3v) is 3.94. The molecule has 0 aliphatic heterocycles. The van der Waals surface area contributed by atoms with Crippen molar-refractivity contribution in [1.29, 1.82) is 0 Å². The largest absolute Gasteiger partial charge is 0.310 e. The predicted octanol–water partition coefficient (Wildman–Crippen LogP) is 4.44. The van der Waals surface area contributed by atoms with Crippen molar-refractivity contribution in [2.75, 3.05) is 6.54 Å². The Kier molecular flexibility index (Phi) is 5.26. The molecule has 0 spiro atoms. The van der Waals surface area contributed by atoms with Crippen molar-refractivity contribution >= 4 is 15.9 Å². The molecule has 20 heavy (non-hydrogen) atoms. The minimum atomic E-state index is -0.181. The molecule has 0 radical (unpaired) electrons. The molecule has 1 aromatic carbocycles. The summed E-state index contributed by atoms with van der Waals surface area (Å²) in [4.78, 5) is 4.04. The van der Waals surface area contributed by atoms with Gasteiger partial charge in [0, 0.05) is 34.4 Å². The second-order valence-electron chi connectivity index (χ2n) is 4.77. The molecule has 2 atom stereocenters. The van der Waals surface area contributed by atoms with Gasteiger partial charge in [-0.15, -0.1) is 0 Å². The first-order valence-corrected chi connectivity index (χ1v) is 7.51. The highest BCUT2D eigenvalue weighted by molar-refractivity contribution is 9.10. The van der Waals surface area contributed by atoms with Gasteiger partial charge in [0.25, 0.3) is 0 Å². The Morgan fingerprint density at radius 3 is 2.60 bits per heavy atom. The standard InChI is InChI=1S/C16H18BrFN2/c1-3-20-16(11(2)12-6-8-19-9-7-12)14-10-13(17)4-5-15(14)18/h4-11,16,20H,3H2,1-2H3. The molecule has 0 saturated carbocycles. The Morgan fingerprint density at radius 2 is 1.95 bits per heavy atom. The molecule has 0 saturated heterocycles. The maximum absolute atomic E-state index is 14.1. The molecule has 1 N–H and O–H groups in total. The SMILES string of the molecule is CCNC(c1cc(Br)ccc1F)C(C)c1ccncc1. The summed E-state index contributed by atoms with van der Waals surface area (Å²) in [5, 5.41) is 3.38. The zero-order valence-corrected chi connectivity index (χ0v) is 13.2. The van der Waals surface area contributed by atoms with Gasteiger partial charge in [0.2, 0.25) is 0 Å². The molecule has 1 heterocycles. The van der Waals surface area contributed by atoms with Crippen LogP contribution in [0.15, 0.2) is 47.2 Å². The first kappa shape index (κ1) is 15.1. The molecule has 2 nitrogen and oxygen atoms in total. The summed E-state index contributed by atoms with van der Waals surface area (Å²) in [7, 11) is 0. The zero-order chi connectivity index (χ0) is 14.5. The van der Waals surface area contributed by atoms with Gasteiger partial charge in [0.05, 0.1) is 0 Å². The van der Waals surface area contributed by atoms with Crippen LogP contribution >= 0.6 is 15.9 Å². The van der Waals surface area contributed by atoms with Gasteiger partial charge in [0.1, 0.15) is 5.82 Å². The fourth-order valence-corrected chi connectivity index (χ4v) is 2.77. The van der Waals surface area contributed by atoms with Crippen molar-refractivity contribution < 1.29 is 4.39 Å². The Labute approximate surface area is 127 Å². The van der Waals surface area contributed by atoms with Crippen molar-refractivity contribution in [3.63, 3.8) is 0 Å². The van der Waals surface area contributed by atoms with Crippen LogP contribution in [0.25, 0.3) is 0 Å². The smallest absolute Gasteiger partial charge is 0.128 e. The van der Waals surface area contributed by atoms with E-state index in [1.807, 2.05) is 25.1 Å². The van der Waals surface area contributed by atoms with Gasteiger partial charge in [-0.05, 0) is 42.4 Å². The highest BCUT2D eigenvalue weighted by atomic mass is 79.9. The number of pyridine rings is 1. The first-order chi connectivity index (χ1) is 9.63. The van der Waals surface area contributed by atoms with Crippen LogP contribution in [0.2, 0.25) is 0 Å². The molecule has 2 aromatic rings. The molecule has 0 bridgehead atoms. The third-order valence-electron chi connectivity index (χ3n) is 3.45. The molecule has 0 fully saturated rings. The quantitative estimate of drug-likeness (QED) is 0.873. The van der Waals surface area contributed by atoms with Crippen molar-refractivity contribution in [3.8, 4) is 0 Å². The van der Waals surface area contributed by atoms with Gasteiger partial charge in [-0.25, -0.2) is 4.39 Å². The topological polar surface area (TPSA) is 24.9 Å². The van der Waals surface area contributed by atoms with Crippen molar-refractivity contribution in [2.45, 2.75) is 25.8 Å². The van der Waals surface area contributed by atoms with E-state index in [9.17, 15) is 4.39 Å². The number of aromatic nitrogens is 1. The second kappa shape index (κ2) is 6.95. The lowest BCUT2D eigenvalue weighted by Crippen LogP contribution is -2.26. The lowest BCUT2D eigenvalue weighted by atomic mass is 9.88. The van der Waals surface area contributed by atoms with E-state index < -0.39 is 0 Å². The maximum Gasteiger partial charge on any atom is 0.128 e. The summed E-state index contributed by atoms with van der Waals surface area (Å²) >= 11 is 3.42. The summed E-state index contributed by atoms with van der Waals surface area (Å²) in [5.41, 5.74) is 1.83. The van der Waals surface area contributed by atoms with Crippen LogP contribution in [0.5, 0.6) is 0 Å². The number of likely N-dealkylation sites (N-methyl/N-ethyl adjacent to an activating group) is 1. The number of hydrogen-bond donors (Lipinski definition) is 1. The summed E-state index contributed by atoms with van der Waals surface area (Å²) in [6.45, 7) is 4.91. The van der Waals surface area contributed by atoms with Gasteiger partial charge >= 0.3 is 0 Å². The molecule has 4 heteroatoms. The summed E-state index contributed by atoms with van der Waals surface area (Å²) in [6, 6.07) is 8.96. The summed E-state index contributed by atoms with van der Waals surface area (Å²) in [6.07, 6.45) is 3.54. The van der Waals surface area contributed by atoms with E-state index in [1.54, 1.807) is 18.5 Å². The van der Waals surface area contributed by atoms with Crippen LogP contribution in [0.3, 0.4) is 0 Å². The molecule has 2 unspecified atom stereocenters. The van der Waals surface area contributed by atoms with Crippen molar-refractivity contribution in [1.82, 2.24) is 10.3 Å². The number of nitrogens with zero attached hydrogens (tertiary/aromatic N) is 1. The monoisotopic (exact) mass is 336 g/mol. The molecule has 0 aliphatic carbocycles. The minimum Gasteiger partial charge on any atom is -0.310 e. The number of nitrogens with one attached hydrogen (secondary N) is 1. The van der Waals surface area contributed by atoms with E-state index in [4.69, 9.17) is 0 Å². The summed E-state index contributed by atoms with van der Waals surface area (Å²) < 4.78 is 15.0. The van der Waals surface area contributed by atoms with Crippen LogP contribution in [0.4, 0.5) is 4.39 Å². The van der Waals surface area contributed by atoms with E-state index in [0.29, 0.717) is 5.56 Å². The fourth-order valence-electron chi connectivity index (χ4n) is 2.39. The maximum atomic E-state index is 14.1. The number of hydrogen-bond acceptors (Lipinski definition) is 2.